The number of rotatable bonds is 2. The van der Waals surface area contributed by atoms with Gasteiger partial charge in [0.25, 0.3) is 0 Å². The molecule has 22 heavy (non-hydrogen) atoms. The highest BCUT2D eigenvalue weighted by molar-refractivity contribution is 6.30. The molecule has 0 aromatic heterocycles. The summed E-state index contributed by atoms with van der Waals surface area (Å²) in [5, 5.41) is 3.42. The molecule has 1 aromatic rings. The largest absolute Gasteiger partial charge is 0.444 e. The number of carbonyl (C=O) groups is 2. The molecule has 0 bridgehead atoms. The summed E-state index contributed by atoms with van der Waals surface area (Å²) in [7, 11) is 0. The summed E-state index contributed by atoms with van der Waals surface area (Å²) >= 11 is 5.82. The fourth-order valence-electron chi connectivity index (χ4n) is 2.34. The standard InChI is InChI=1S/C16H21ClN2O3/c1-16(2,3)22-15(21)19-10-4-5-13(19)14(20)18-12-8-6-11(17)7-9-12/h6-9,13H,4-5,10H2,1-3H3,(H,18,20)/t13-/m1/s1. The van der Waals surface area contributed by atoms with Crippen molar-refractivity contribution in [3.8, 4) is 0 Å². The van der Waals surface area contributed by atoms with E-state index >= 15 is 0 Å². The molecule has 1 aromatic carbocycles. The minimum absolute atomic E-state index is 0.203. The molecule has 1 aliphatic rings. The third kappa shape index (κ3) is 4.37. The van der Waals surface area contributed by atoms with Gasteiger partial charge in [-0.3, -0.25) is 9.69 Å². The Morgan fingerprint density at radius 1 is 1.27 bits per heavy atom. The minimum Gasteiger partial charge on any atom is -0.444 e. The van der Waals surface area contributed by atoms with E-state index in [0.717, 1.165) is 6.42 Å². The minimum atomic E-state index is -0.573. The van der Waals surface area contributed by atoms with Crippen molar-refractivity contribution in [2.75, 3.05) is 11.9 Å². The fourth-order valence-corrected chi connectivity index (χ4v) is 2.46. The highest BCUT2D eigenvalue weighted by Gasteiger charge is 2.36. The van der Waals surface area contributed by atoms with E-state index in [1.807, 2.05) is 20.8 Å². The molecule has 1 saturated heterocycles. The molecule has 1 N–H and O–H groups in total. The molecule has 0 saturated carbocycles. The first kappa shape index (κ1) is 16.6. The van der Waals surface area contributed by atoms with Crippen molar-refractivity contribution in [2.24, 2.45) is 0 Å². The van der Waals surface area contributed by atoms with Crippen molar-refractivity contribution in [3.05, 3.63) is 29.3 Å². The van der Waals surface area contributed by atoms with Gasteiger partial charge in [-0.25, -0.2) is 4.79 Å². The lowest BCUT2D eigenvalue weighted by atomic mass is 10.2. The van der Waals surface area contributed by atoms with Gasteiger partial charge in [-0.15, -0.1) is 0 Å². The summed E-state index contributed by atoms with van der Waals surface area (Å²) in [6, 6.07) is 6.38. The zero-order valence-corrected chi connectivity index (χ0v) is 13.8. The van der Waals surface area contributed by atoms with Crippen LogP contribution >= 0.6 is 11.6 Å². The zero-order valence-electron chi connectivity index (χ0n) is 13.1. The van der Waals surface area contributed by atoms with Gasteiger partial charge < -0.3 is 10.1 Å². The first-order chi connectivity index (χ1) is 10.3. The number of carbonyl (C=O) groups excluding carboxylic acids is 2. The molecule has 0 unspecified atom stereocenters. The molecule has 0 aliphatic carbocycles. The van der Waals surface area contributed by atoms with E-state index in [4.69, 9.17) is 16.3 Å². The van der Waals surface area contributed by atoms with E-state index < -0.39 is 17.7 Å². The number of anilines is 1. The maximum Gasteiger partial charge on any atom is 0.410 e. The number of hydrogen-bond acceptors (Lipinski definition) is 3. The van der Waals surface area contributed by atoms with Gasteiger partial charge in [0.2, 0.25) is 5.91 Å². The summed E-state index contributed by atoms with van der Waals surface area (Å²) < 4.78 is 5.36. The summed E-state index contributed by atoms with van der Waals surface area (Å²) in [6.07, 6.45) is 0.984. The van der Waals surface area contributed by atoms with Gasteiger partial charge in [0.1, 0.15) is 11.6 Å². The molecule has 2 amide bonds. The molecule has 1 heterocycles. The van der Waals surface area contributed by atoms with Crippen LogP contribution in [0.1, 0.15) is 33.6 Å². The number of ether oxygens (including phenoxy) is 1. The Morgan fingerprint density at radius 3 is 2.50 bits per heavy atom. The van der Waals surface area contributed by atoms with Crippen molar-refractivity contribution in [3.63, 3.8) is 0 Å². The average Bonchev–Trinajstić information content (AvgIpc) is 2.89. The molecule has 5 nitrogen and oxygen atoms in total. The second-order valence-corrected chi connectivity index (χ2v) is 6.76. The molecule has 6 heteroatoms. The maximum atomic E-state index is 12.4. The van der Waals surface area contributed by atoms with Crippen molar-refractivity contribution < 1.29 is 14.3 Å². The number of nitrogens with one attached hydrogen (secondary N) is 1. The SMILES string of the molecule is CC(C)(C)OC(=O)N1CCC[C@@H]1C(=O)Nc1ccc(Cl)cc1. The van der Waals surface area contributed by atoms with Crippen molar-refractivity contribution in [1.82, 2.24) is 4.90 Å². The quantitative estimate of drug-likeness (QED) is 0.902. The highest BCUT2D eigenvalue weighted by Crippen LogP contribution is 2.22. The number of nitrogens with zero attached hydrogens (tertiary/aromatic N) is 1. The van der Waals surface area contributed by atoms with Crippen molar-refractivity contribution in [1.29, 1.82) is 0 Å². The van der Waals surface area contributed by atoms with Crippen LogP contribution in [0.25, 0.3) is 0 Å². The summed E-state index contributed by atoms with van der Waals surface area (Å²) in [5.41, 5.74) is 0.0853. The summed E-state index contributed by atoms with van der Waals surface area (Å²) in [4.78, 5) is 26.1. The third-order valence-corrected chi connectivity index (χ3v) is 3.55. The Balaban J connectivity index is 2.01. The number of hydrogen-bond donors (Lipinski definition) is 1. The second kappa shape index (κ2) is 6.57. The lowest BCUT2D eigenvalue weighted by Crippen LogP contribution is -2.45. The molecular formula is C16H21ClN2O3. The van der Waals surface area contributed by atoms with E-state index in [9.17, 15) is 9.59 Å². The highest BCUT2D eigenvalue weighted by atomic mass is 35.5. The van der Waals surface area contributed by atoms with Gasteiger partial charge in [0, 0.05) is 17.3 Å². The van der Waals surface area contributed by atoms with Crippen LogP contribution in [0.4, 0.5) is 10.5 Å². The third-order valence-electron chi connectivity index (χ3n) is 3.30. The number of benzene rings is 1. The summed E-state index contributed by atoms with van der Waals surface area (Å²) in [6.45, 7) is 5.96. The fraction of sp³-hybridized carbons (Fsp3) is 0.500. The Kier molecular flexibility index (Phi) is 4.96. The van der Waals surface area contributed by atoms with E-state index in [1.54, 1.807) is 24.3 Å². The van der Waals surface area contributed by atoms with Crippen LogP contribution in [0.5, 0.6) is 0 Å². The topological polar surface area (TPSA) is 58.6 Å². The molecule has 0 spiro atoms. The molecule has 2 rings (SSSR count). The van der Waals surface area contributed by atoms with Gasteiger partial charge in [0.15, 0.2) is 0 Å². The van der Waals surface area contributed by atoms with Gasteiger partial charge in [0.05, 0.1) is 0 Å². The van der Waals surface area contributed by atoms with Crippen LogP contribution in [-0.2, 0) is 9.53 Å². The molecular weight excluding hydrogens is 304 g/mol. The average molecular weight is 325 g/mol. The Morgan fingerprint density at radius 2 is 1.91 bits per heavy atom. The van der Waals surface area contributed by atoms with E-state index in [2.05, 4.69) is 5.32 Å². The van der Waals surface area contributed by atoms with Crippen LogP contribution < -0.4 is 5.32 Å². The second-order valence-electron chi connectivity index (χ2n) is 6.33. The number of amides is 2. The molecule has 1 aliphatic heterocycles. The molecule has 0 radical (unpaired) electrons. The van der Waals surface area contributed by atoms with E-state index in [-0.39, 0.29) is 5.91 Å². The van der Waals surface area contributed by atoms with Crippen LogP contribution in [0, 0.1) is 0 Å². The zero-order chi connectivity index (χ0) is 16.3. The van der Waals surface area contributed by atoms with Gasteiger partial charge >= 0.3 is 6.09 Å². The molecule has 1 fully saturated rings. The first-order valence-corrected chi connectivity index (χ1v) is 7.70. The van der Waals surface area contributed by atoms with Gasteiger partial charge in [-0.1, -0.05) is 11.6 Å². The molecule has 120 valence electrons. The number of halogens is 1. The smallest absolute Gasteiger partial charge is 0.410 e. The van der Waals surface area contributed by atoms with E-state index in [1.165, 1.54) is 4.90 Å². The van der Waals surface area contributed by atoms with Crippen LogP contribution in [0.15, 0.2) is 24.3 Å². The van der Waals surface area contributed by atoms with Crippen LogP contribution in [0.2, 0.25) is 5.02 Å². The van der Waals surface area contributed by atoms with Gasteiger partial charge in [-0.05, 0) is 57.9 Å². The van der Waals surface area contributed by atoms with Crippen LogP contribution in [-0.4, -0.2) is 35.1 Å². The first-order valence-electron chi connectivity index (χ1n) is 7.32. The lowest BCUT2D eigenvalue weighted by molar-refractivity contribution is -0.120. The van der Waals surface area contributed by atoms with Crippen molar-refractivity contribution in [2.45, 2.75) is 45.3 Å². The Bertz CT molecular complexity index is 552. The predicted octanol–water partition coefficient (Wildman–Crippen LogP) is 3.68. The lowest BCUT2D eigenvalue weighted by Gasteiger charge is -2.28. The number of likely N-dealkylation sites (tertiary alicyclic amines) is 1. The van der Waals surface area contributed by atoms with Crippen molar-refractivity contribution >= 4 is 29.3 Å². The van der Waals surface area contributed by atoms with E-state index in [0.29, 0.717) is 23.7 Å². The predicted molar refractivity (Wildman–Crippen MR) is 86.0 cm³/mol. The Labute approximate surface area is 135 Å². The van der Waals surface area contributed by atoms with Gasteiger partial charge in [-0.2, -0.15) is 0 Å². The normalized spacial score (nSPS) is 18.2. The maximum absolute atomic E-state index is 12.4. The monoisotopic (exact) mass is 324 g/mol. The Hall–Kier alpha value is -1.75. The molecule has 1 atom stereocenters. The summed E-state index contributed by atoms with van der Waals surface area (Å²) in [5.74, 6) is -0.203. The van der Waals surface area contributed by atoms with Crippen LogP contribution in [0.3, 0.4) is 0 Å².